The molecule has 0 N–H and O–H groups in total. The Kier molecular flexibility index (Phi) is 5.57. The Hall–Kier alpha value is -2.78. The molecule has 1 atom stereocenters. The molecular formula is C27H28ClNO2. The van der Waals surface area contributed by atoms with Crippen LogP contribution in [0.1, 0.15) is 43.9 Å². The Morgan fingerprint density at radius 1 is 0.968 bits per heavy atom. The highest BCUT2D eigenvalue weighted by atomic mass is 35.5. The summed E-state index contributed by atoms with van der Waals surface area (Å²) in [6.07, 6.45) is 0.812. The number of amides is 1. The summed E-state index contributed by atoms with van der Waals surface area (Å²) in [4.78, 5) is 15.3. The number of anilines is 1. The molecule has 1 aliphatic rings. The fourth-order valence-electron chi connectivity index (χ4n) is 4.89. The third kappa shape index (κ3) is 4.07. The van der Waals surface area contributed by atoms with Crippen LogP contribution in [0.4, 0.5) is 5.69 Å². The lowest BCUT2D eigenvalue weighted by Crippen LogP contribution is -2.57. The minimum Gasteiger partial charge on any atom is -0.484 e. The van der Waals surface area contributed by atoms with E-state index in [0.717, 1.165) is 17.7 Å². The number of fused-ring (bicyclic) bond motifs is 1. The average Bonchev–Trinajstić information content (AvgIpc) is 2.73. The van der Waals surface area contributed by atoms with Gasteiger partial charge < -0.3 is 9.64 Å². The summed E-state index contributed by atoms with van der Waals surface area (Å²) in [6, 6.07) is 24.1. The number of hydrogen-bond donors (Lipinski definition) is 0. The number of ether oxygens (including phenoxy) is 1. The smallest absolute Gasteiger partial charge is 0.265 e. The summed E-state index contributed by atoms with van der Waals surface area (Å²) >= 11 is 5.94. The van der Waals surface area contributed by atoms with Crippen molar-refractivity contribution in [1.29, 1.82) is 0 Å². The number of rotatable bonds is 4. The first kappa shape index (κ1) is 21.5. The quantitative estimate of drug-likeness (QED) is 0.467. The van der Waals surface area contributed by atoms with Gasteiger partial charge in [-0.1, -0.05) is 66.6 Å². The molecule has 0 aliphatic carbocycles. The van der Waals surface area contributed by atoms with Crippen LogP contribution in [0, 0.1) is 6.92 Å². The van der Waals surface area contributed by atoms with E-state index in [1.807, 2.05) is 17.0 Å². The van der Waals surface area contributed by atoms with E-state index in [4.69, 9.17) is 16.3 Å². The molecule has 160 valence electrons. The molecule has 3 aromatic carbocycles. The second kappa shape index (κ2) is 8.05. The van der Waals surface area contributed by atoms with Crippen LogP contribution in [-0.4, -0.2) is 18.1 Å². The molecule has 0 aromatic heterocycles. The normalized spacial score (nSPS) is 19.6. The molecule has 0 bridgehead atoms. The van der Waals surface area contributed by atoms with Crippen LogP contribution >= 0.6 is 11.6 Å². The molecule has 1 heterocycles. The van der Waals surface area contributed by atoms with E-state index in [1.54, 1.807) is 24.3 Å². The van der Waals surface area contributed by atoms with E-state index in [0.29, 0.717) is 10.8 Å². The summed E-state index contributed by atoms with van der Waals surface area (Å²) in [5.74, 6) is 0.573. The highest BCUT2D eigenvalue weighted by Gasteiger charge is 2.47. The second-order valence-electron chi connectivity index (χ2n) is 9.18. The molecule has 3 nitrogen and oxygen atoms in total. The Labute approximate surface area is 189 Å². The Morgan fingerprint density at radius 3 is 2.29 bits per heavy atom. The van der Waals surface area contributed by atoms with Crippen molar-refractivity contribution in [2.24, 2.45) is 0 Å². The first-order chi connectivity index (χ1) is 14.7. The fraction of sp³-hybridized carbons (Fsp3) is 0.296. The van der Waals surface area contributed by atoms with Crippen LogP contribution in [0.25, 0.3) is 0 Å². The van der Waals surface area contributed by atoms with Crippen LogP contribution in [0.15, 0.2) is 72.8 Å². The number of carbonyl (C=O) groups is 1. The standard InChI is InChI=1S/C27H28ClNO2/c1-19-9-11-20(12-10-19)27(4)18-26(2,3)29(24-8-6-5-7-23(24)27)25(30)17-31-22-15-13-21(28)14-16-22/h5-16H,17-18H2,1-4H3/t27-/m1/s1. The monoisotopic (exact) mass is 433 g/mol. The molecular weight excluding hydrogens is 406 g/mol. The zero-order valence-corrected chi connectivity index (χ0v) is 19.2. The van der Waals surface area contributed by atoms with Gasteiger partial charge in [0.15, 0.2) is 6.61 Å². The van der Waals surface area contributed by atoms with Crippen LogP contribution < -0.4 is 9.64 Å². The predicted molar refractivity (Wildman–Crippen MR) is 127 cm³/mol. The van der Waals surface area contributed by atoms with Crippen LogP contribution in [0.5, 0.6) is 5.75 Å². The Bertz CT molecular complexity index is 1090. The zero-order chi connectivity index (χ0) is 22.2. The molecule has 0 unspecified atom stereocenters. The van der Waals surface area contributed by atoms with Crippen molar-refractivity contribution in [2.75, 3.05) is 11.5 Å². The molecule has 31 heavy (non-hydrogen) atoms. The van der Waals surface area contributed by atoms with Crippen LogP contribution in [-0.2, 0) is 10.2 Å². The summed E-state index contributed by atoms with van der Waals surface area (Å²) in [6.45, 7) is 8.63. The average molecular weight is 434 g/mol. The summed E-state index contributed by atoms with van der Waals surface area (Å²) in [7, 11) is 0. The molecule has 0 fully saturated rings. The van der Waals surface area contributed by atoms with Crippen LogP contribution in [0.2, 0.25) is 5.02 Å². The largest absolute Gasteiger partial charge is 0.484 e. The van der Waals surface area contributed by atoms with Crippen molar-refractivity contribution in [1.82, 2.24) is 0 Å². The van der Waals surface area contributed by atoms with Gasteiger partial charge in [0.2, 0.25) is 0 Å². The number of hydrogen-bond acceptors (Lipinski definition) is 2. The van der Waals surface area contributed by atoms with Gasteiger partial charge >= 0.3 is 0 Å². The van der Waals surface area contributed by atoms with Gasteiger partial charge in [0, 0.05) is 21.7 Å². The number of nitrogens with zero attached hydrogens (tertiary/aromatic N) is 1. The fourth-order valence-corrected chi connectivity index (χ4v) is 5.02. The third-order valence-electron chi connectivity index (χ3n) is 6.24. The van der Waals surface area contributed by atoms with E-state index in [1.165, 1.54) is 11.1 Å². The van der Waals surface area contributed by atoms with Crippen molar-refractivity contribution < 1.29 is 9.53 Å². The lowest BCUT2D eigenvalue weighted by Gasteiger charge is -2.51. The van der Waals surface area contributed by atoms with Gasteiger partial charge in [0.05, 0.1) is 0 Å². The van der Waals surface area contributed by atoms with Crippen molar-refractivity contribution in [3.63, 3.8) is 0 Å². The van der Waals surface area contributed by atoms with Crippen molar-refractivity contribution in [3.8, 4) is 5.75 Å². The highest BCUT2D eigenvalue weighted by Crippen LogP contribution is 2.50. The van der Waals surface area contributed by atoms with Crippen molar-refractivity contribution >= 4 is 23.2 Å². The summed E-state index contributed by atoms with van der Waals surface area (Å²) < 4.78 is 5.78. The van der Waals surface area contributed by atoms with E-state index >= 15 is 0 Å². The number of aryl methyl sites for hydroxylation is 1. The molecule has 0 radical (unpaired) electrons. The Morgan fingerprint density at radius 2 is 1.61 bits per heavy atom. The van der Waals surface area contributed by atoms with Crippen molar-refractivity contribution in [2.45, 2.75) is 45.1 Å². The SMILES string of the molecule is Cc1ccc([C@@]2(C)CC(C)(C)N(C(=O)COc3ccc(Cl)cc3)c3ccccc32)cc1. The maximum absolute atomic E-state index is 13.4. The topological polar surface area (TPSA) is 29.5 Å². The van der Waals surface area contributed by atoms with Crippen LogP contribution in [0.3, 0.4) is 0 Å². The lowest BCUT2D eigenvalue weighted by atomic mass is 9.65. The van der Waals surface area contributed by atoms with Gasteiger partial charge in [-0.15, -0.1) is 0 Å². The minimum atomic E-state index is -0.381. The maximum atomic E-state index is 13.4. The summed E-state index contributed by atoms with van der Waals surface area (Å²) in [5.41, 5.74) is 4.05. The van der Waals surface area contributed by atoms with Crippen molar-refractivity contribution in [3.05, 3.63) is 94.5 Å². The Balaban J connectivity index is 1.69. The zero-order valence-electron chi connectivity index (χ0n) is 18.5. The molecule has 0 saturated carbocycles. The highest BCUT2D eigenvalue weighted by molar-refractivity contribution is 6.30. The lowest BCUT2D eigenvalue weighted by molar-refractivity contribution is -0.121. The first-order valence-electron chi connectivity index (χ1n) is 10.6. The second-order valence-corrected chi connectivity index (χ2v) is 9.61. The van der Waals surface area contributed by atoms with Gasteiger partial charge in [0.25, 0.3) is 5.91 Å². The van der Waals surface area contributed by atoms with E-state index in [2.05, 4.69) is 64.1 Å². The molecule has 1 aliphatic heterocycles. The molecule has 0 saturated heterocycles. The molecule has 0 spiro atoms. The van der Waals surface area contributed by atoms with Gasteiger partial charge in [-0.25, -0.2) is 0 Å². The minimum absolute atomic E-state index is 0.0271. The molecule has 3 aromatic rings. The molecule has 4 rings (SSSR count). The van der Waals surface area contributed by atoms with Gasteiger partial charge in [-0.3, -0.25) is 4.79 Å². The number of halogens is 1. The van der Waals surface area contributed by atoms with E-state index < -0.39 is 0 Å². The number of carbonyl (C=O) groups excluding carboxylic acids is 1. The molecule has 4 heteroatoms. The van der Waals surface area contributed by atoms with Gasteiger partial charge in [-0.05, 0) is 68.7 Å². The number of benzene rings is 3. The first-order valence-corrected chi connectivity index (χ1v) is 11.0. The maximum Gasteiger partial charge on any atom is 0.265 e. The van der Waals surface area contributed by atoms with Gasteiger partial charge in [-0.2, -0.15) is 0 Å². The number of para-hydroxylation sites is 1. The van der Waals surface area contributed by atoms with Gasteiger partial charge in [0.1, 0.15) is 5.75 Å². The summed E-state index contributed by atoms with van der Waals surface area (Å²) in [5, 5.41) is 0.639. The van der Waals surface area contributed by atoms with E-state index in [9.17, 15) is 4.79 Å². The van der Waals surface area contributed by atoms with E-state index in [-0.39, 0.29) is 23.5 Å². The predicted octanol–water partition coefficient (Wildman–Crippen LogP) is 6.55. The molecule has 1 amide bonds. The third-order valence-corrected chi connectivity index (χ3v) is 6.50.